The lowest BCUT2D eigenvalue weighted by atomic mass is 10.1. The number of hydrogen-bond donors (Lipinski definition) is 1. The maximum absolute atomic E-state index is 5.34. The zero-order valence-electron chi connectivity index (χ0n) is 11.5. The number of aromatic nitrogens is 1. The summed E-state index contributed by atoms with van der Waals surface area (Å²) in [6, 6.07) is 0. The van der Waals surface area contributed by atoms with Gasteiger partial charge < -0.3 is 10.1 Å². The molecule has 0 aliphatic carbocycles. The van der Waals surface area contributed by atoms with Crippen molar-refractivity contribution < 1.29 is 4.74 Å². The van der Waals surface area contributed by atoms with Crippen molar-refractivity contribution in [3.63, 3.8) is 0 Å². The fourth-order valence-corrected chi connectivity index (χ4v) is 2.69. The fourth-order valence-electron chi connectivity index (χ4n) is 1.60. The molecule has 1 heterocycles. The van der Waals surface area contributed by atoms with E-state index >= 15 is 0 Å². The molecule has 1 aromatic rings. The summed E-state index contributed by atoms with van der Waals surface area (Å²) in [5.74, 6) is 0.642. The molecule has 0 aliphatic rings. The molecule has 1 aromatic heterocycles. The average Bonchev–Trinajstić information content (AvgIpc) is 2.67. The van der Waals surface area contributed by atoms with Crippen LogP contribution in [0.25, 0.3) is 0 Å². The lowest BCUT2D eigenvalue weighted by Crippen LogP contribution is -2.12. The van der Waals surface area contributed by atoms with Gasteiger partial charge in [-0.05, 0) is 25.8 Å². The maximum Gasteiger partial charge on any atom is 0.122 e. The third-order valence-corrected chi connectivity index (χ3v) is 3.89. The lowest BCUT2D eigenvalue weighted by molar-refractivity contribution is 0.119. The highest BCUT2D eigenvalue weighted by atomic mass is 32.1. The predicted octanol–water partition coefficient (Wildman–Crippen LogP) is 3.16. The molecule has 0 fully saturated rings. The molecule has 98 valence electrons. The van der Waals surface area contributed by atoms with Gasteiger partial charge in [0, 0.05) is 18.5 Å². The van der Waals surface area contributed by atoms with Crippen LogP contribution in [0.1, 0.15) is 49.4 Å². The van der Waals surface area contributed by atoms with Crippen molar-refractivity contribution in [2.75, 3.05) is 13.7 Å². The SMILES string of the molecule is CCNCc1sc(C(C)OC)nc1CC(C)C. The van der Waals surface area contributed by atoms with E-state index in [1.165, 1.54) is 10.6 Å². The Balaban J connectivity index is 2.86. The predicted molar refractivity (Wildman–Crippen MR) is 73.5 cm³/mol. The van der Waals surface area contributed by atoms with Gasteiger partial charge in [0.2, 0.25) is 0 Å². The highest BCUT2D eigenvalue weighted by Gasteiger charge is 2.15. The van der Waals surface area contributed by atoms with Crippen LogP contribution in [0.4, 0.5) is 0 Å². The molecule has 0 bridgehead atoms. The first-order chi connectivity index (χ1) is 8.08. The molecule has 3 nitrogen and oxygen atoms in total. The van der Waals surface area contributed by atoms with Crippen LogP contribution in [0.5, 0.6) is 0 Å². The van der Waals surface area contributed by atoms with E-state index in [1.807, 2.05) is 0 Å². The molecule has 0 saturated carbocycles. The molecule has 1 rings (SSSR count). The van der Waals surface area contributed by atoms with Crippen LogP contribution < -0.4 is 5.32 Å². The Morgan fingerprint density at radius 3 is 2.59 bits per heavy atom. The Hall–Kier alpha value is -0.450. The summed E-state index contributed by atoms with van der Waals surface area (Å²) in [6.07, 6.45) is 1.15. The molecule has 0 radical (unpaired) electrons. The van der Waals surface area contributed by atoms with E-state index in [0.29, 0.717) is 5.92 Å². The van der Waals surface area contributed by atoms with Crippen LogP contribution in [0.2, 0.25) is 0 Å². The summed E-state index contributed by atoms with van der Waals surface area (Å²) in [5, 5.41) is 4.47. The minimum Gasteiger partial charge on any atom is -0.375 e. The number of hydrogen-bond acceptors (Lipinski definition) is 4. The average molecular weight is 256 g/mol. The summed E-state index contributed by atoms with van der Waals surface area (Å²) in [4.78, 5) is 6.09. The molecular formula is C13H24N2OS. The van der Waals surface area contributed by atoms with Gasteiger partial charge in [-0.1, -0.05) is 20.8 Å². The molecular weight excluding hydrogens is 232 g/mol. The van der Waals surface area contributed by atoms with Crippen LogP contribution >= 0.6 is 11.3 Å². The van der Waals surface area contributed by atoms with Crippen molar-refractivity contribution in [2.24, 2.45) is 5.92 Å². The van der Waals surface area contributed by atoms with Gasteiger partial charge in [0.05, 0.1) is 5.69 Å². The minimum absolute atomic E-state index is 0.0984. The Labute approximate surface area is 109 Å². The van der Waals surface area contributed by atoms with Gasteiger partial charge in [0.25, 0.3) is 0 Å². The Morgan fingerprint density at radius 1 is 1.35 bits per heavy atom. The number of rotatable bonds is 7. The first-order valence-corrected chi connectivity index (χ1v) is 7.12. The minimum atomic E-state index is 0.0984. The second kappa shape index (κ2) is 7.09. The van der Waals surface area contributed by atoms with Crippen molar-refractivity contribution in [3.8, 4) is 0 Å². The summed E-state index contributed by atoms with van der Waals surface area (Å²) in [5.41, 5.74) is 1.24. The lowest BCUT2D eigenvalue weighted by Gasteiger charge is -2.05. The van der Waals surface area contributed by atoms with E-state index in [-0.39, 0.29) is 6.10 Å². The molecule has 0 aromatic carbocycles. The van der Waals surface area contributed by atoms with E-state index in [1.54, 1.807) is 18.4 Å². The van der Waals surface area contributed by atoms with Gasteiger partial charge in [-0.15, -0.1) is 11.3 Å². The molecule has 17 heavy (non-hydrogen) atoms. The first kappa shape index (κ1) is 14.6. The van der Waals surface area contributed by atoms with Gasteiger partial charge in [0.1, 0.15) is 11.1 Å². The summed E-state index contributed by atoms with van der Waals surface area (Å²) in [6.45, 7) is 10.6. The van der Waals surface area contributed by atoms with E-state index in [2.05, 4.69) is 33.0 Å². The van der Waals surface area contributed by atoms with Crippen molar-refractivity contribution in [3.05, 3.63) is 15.6 Å². The quantitative estimate of drug-likeness (QED) is 0.813. The van der Waals surface area contributed by atoms with E-state index in [0.717, 1.165) is 24.5 Å². The second-order valence-corrected chi connectivity index (χ2v) is 5.79. The summed E-state index contributed by atoms with van der Waals surface area (Å²) >= 11 is 1.78. The van der Waals surface area contributed by atoms with Crippen molar-refractivity contribution >= 4 is 11.3 Å². The number of thiazole rings is 1. The van der Waals surface area contributed by atoms with Gasteiger partial charge in [0.15, 0.2) is 0 Å². The van der Waals surface area contributed by atoms with Crippen LogP contribution in [0.15, 0.2) is 0 Å². The monoisotopic (exact) mass is 256 g/mol. The number of ether oxygens (including phenoxy) is 1. The van der Waals surface area contributed by atoms with Crippen molar-refractivity contribution in [1.29, 1.82) is 0 Å². The molecule has 0 spiro atoms. The Morgan fingerprint density at radius 2 is 2.06 bits per heavy atom. The molecule has 0 saturated heterocycles. The zero-order valence-corrected chi connectivity index (χ0v) is 12.4. The third kappa shape index (κ3) is 4.37. The fraction of sp³-hybridized carbons (Fsp3) is 0.769. The zero-order chi connectivity index (χ0) is 12.8. The topological polar surface area (TPSA) is 34.1 Å². The third-order valence-electron chi connectivity index (χ3n) is 2.63. The van der Waals surface area contributed by atoms with Crippen LogP contribution in [0, 0.1) is 5.92 Å². The van der Waals surface area contributed by atoms with Crippen molar-refractivity contribution in [1.82, 2.24) is 10.3 Å². The number of nitrogens with one attached hydrogen (secondary N) is 1. The molecule has 1 atom stereocenters. The van der Waals surface area contributed by atoms with Crippen molar-refractivity contribution in [2.45, 2.75) is 46.8 Å². The van der Waals surface area contributed by atoms with Gasteiger partial charge in [-0.3, -0.25) is 0 Å². The first-order valence-electron chi connectivity index (χ1n) is 6.30. The Bertz CT molecular complexity index is 336. The molecule has 0 aliphatic heterocycles. The highest BCUT2D eigenvalue weighted by molar-refractivity contribution is 7.11. The molecule has 0 amide bonds. The Kier molecular flexibility index (Phi) is 6.09. The molecule has 1 N–H and O–H groups in total. The second-order valence-electron chi connectivity index (χ2n) is 4.68. The van der Waals surface area contributed by atoms with E-state index in [4.69, 9.17) is 9.72 Å². The van der Waals surface area contributed by atoms with Crippen LogP contribution in [-0.2, 0) is 17.7 Å². The van der Waals surface area contributed by atoms with E-state index < -0.39 is 0 Å². The maximum atomic E-state index is 5.34. The number of nitrogens with zero attached hydrogens (tertiary/aromatic N) is 1. The van der Waals surface area contributed by atoms with Gasteiger partial charge in [-0.25, -0.2) is 4.98 Å². The highest BCUT2D eigenvalue weighted by Crippen LogP contribution is 2.27. The van der Waals surface area contributed by atoms with Gasteiger partial charge in [-0.2, -0.15) is 0 Å². The standard InChI is InChI=1S/C13H24N2OS/c1-6-14-8-12-11(7-9(2)3)15-13(17-12)10(4)16-5/h9-10,14H,6-8H2,1-5H3. The molecule has 4 heteroatoms. The number of methoxy groups -OCH3 is 1. The van der Waals surface area contributed by atoms with Crippen LogP contribution in [-0.4, -0.2) is 18.6 Å². The van der Waals surface area contributed by atoms with Gasteiger partial charge >= 0.3 is 0 Å². The molecule has 1 unspecified atom stereocenters. The summed E-state index contributed by atoms with van der Waals surface area (Å²) in [7, 11) is 1.73. The summed E-state index contributed by atoms with van der Waals surface area (Å²) < 4.78 is 5.34. The van der Waals surface area contributed by atoms with Crippen LogP contribution in [0.3, 0.4) is 0 Å². The van der Waals surface area contributed by atoms with E-state index in [9.17, 15) is 0 Å². The largest absolute Gasteiger partial charge is 0.375 e. The normalized spacial score (nSPS) is 13.3. The smallest absolute Gasteiger partial charge is 0.122 e.